The zero-order valence-electron chi connectivity index (χ0n) is 11.8. The lowest BCUT2D eigenvalue weighted by Gasteiger charge is -2.12. The molecule has 0 saturated carbocycles. The largest absolute Gasteiger partial charge is 0.416 e. The van der Waals surface area contributed by atoms with Gasteiger partial charge >= 0.3 is 6.18 Å². The van der Waals surface area contributed by atoms with Gasteiger partial charge in [0.15, 0.2) is 0 Å². The number of carbonyl (C=O) groups is 1. The summed E-state index contributed by atoms with van der Waals surface area (Å²) in [6.07, 6.45) is -2.53. The van der Waals surface area contributed by atoms with Gasteiger partial charge in [0, 0.05) is 17.0 Å². The predicted octanol–water partition coefficient (Wildman–Crippen LogP) is 4.82. The van der Waals surface area contributed by atoms with Crippen LogP contribution in [0.4, 0.5) is 18.9 Å². The summed E-state index contributed by atoms with van der Waals surface area (Å²) in [6, 6.07) is 11.6. The van der Waals surface area contributed by atoms with Gasteiger partial charge in [-0.15, -0.1) is 0 Å². The van der Waals surface area contributed by atoms with E-state index < -0.39 is 17.6 Å². The van der Waals surface area contributed by atoms with Crippen LogP contribution >= 0.6 is 11.8 Å². The molecule has 0 fully saturated rings. The monoisotopic (exact) mass is 325 g/mol. The van der Waals surface area contributed by atoms with Crippen molar-refractivity contribution in [1.82, 2.24) is 0 Å². The number of thioether (sulfide) groups is 1. The van der Waals surface area contributed by atoms with E-state index in [1.165, 1.54) is 12.1 Å². The Morgan fingerprint density at radius 2 is 1.86 bits per heavy atom. The SMILES string of the molecule is CSCc1ccccc1NC(=O)c1cccc(C(F)(F)F)c1. The Morgan fingerprint density at radius 3 is 2.55 bits per heavy atom. The van der Waals surface area contributed by atoms with Gasteiger partial charge in [-0.2, -0.15) is 24.9 Å². The molecule has 0 aliphatic rings. The maximum absolute atomic E-state index is 12.7. The average Bonchev–Trinajstić information content (AvgIpc) is 2.49. The molecule has 0 heterocycles. The van der Waals surface area contributed by atoms with E-state index >= 15 is 0 Å². The molecule has 0 saturated heterocycles. The molecule has 0 radical (unpaired) electrons. The lowest BCUT2D eigenvalue weighted by Crippen LogP contribution is -2.14. The molecule has 2 aromatic rings. The second-order valence-corrected chi connectivity index (χ2v) is 5.49. The van der Waals surface area contributed by atoms with Crippen molar-refractivity contribution in [3.63, 3.8) is 0 Å². The zero-order valence-corrected chi connectivity index (χ0v) is 12.6. The highest BCUT2D eigenvalue weighted by atomic mass is 32.2. The van der Waals surface area contributed by atoms with E-state index in [2.05, 4.69) is 5.32 Å². The average molecular weight is 325 g/mol. The minimum absolute atomic E-state index is 0.0196. The van der Waals surface area contributed by atoms with Gasteiger partial charge in [-0.3, -0.25) is 4.79 Å². The van der Waals surface area contributed by atoms with Crippen LogP contribution in [0.15, 0.2) is 48.5 Å². The first-order valence-electron chi connectivity index (χ1n) is 6.47. The number of hydrogen-bond donors (Lipinski definition) is 1. The number of para-hydroxylation sites is 1. The lowest BCUT2D eigenvalue weighted by atomic mass is 10.1. The van der Waals surface area contributed by atoms with Crippen LogP contribution < -0.4 is 5.32 Å². The Bertz CT molecular complexity index is 670. The normalized spacial score (nSPS) is 11.3. The summed E-state index contributed by atoms with van der Waals surface area (Å²) in [5.74, 6) is 0.152. The maximum atomic E-state index is 12.7. The Kier molecular flexibility index (Phi) is 5.13. The van der Waals surface area contributed by atoms with Gasteiger partial charge in [-0.1, -0.05) is 24.3 Å². The van der Waals surface area contributed by atoms with E-state index in [0.29, 0.717) is 11.4 Å². The standard InChI is InChI=1S/C16H14F3NOS/c1-22-10-12-5-2-3-8-14(12)20-15(21)11-6-4-7-13(9-11)16(17,18)19/h2-9H,10H2,1H3,(H,20,21). The molecule has 1 N–H and O–H groups in total. The van der Waals surface area contributed by atoms with Gasteiger partial charge in [0.25, 0.3) is 5.91 Å². The number of hydrogen-bond acceptors (Lipinski definition) is 2. The van der Waals surface area contributed by atoms with Gasteiger partial charge in [0.2, 0.25) is 0 Å². The van der Waals surface area contributed by atoms with E-state index in [-0.39, 0.29) is 5.56 Å². The molecule has 0 atom stereocenters. The van der Waals surface area contributed by atoms with Gasteiger partial charge in [0.1, 0.15) is 0 Å². The quantitative estimate of drug-likeness (QED) is 0.873. The first-order valence-corrected chi connectivity index (χ1v) is 7.86. The molecular weight excluding hydrogens is 311 g/mol. The molecule has 116 valence electrons. The van der Waals surface area contributed by atoms with Gasteiger partial charge in [-0.05, 0) is 36.1 Å². The summed E-state index contributed by atoms with van der Waals surface area (Å²) in [5, 5.41) is 2.67. The highest BCUT2D eigenvalue weighted by molar-refractivity contribution is 7.97. The molecule has 0 bridgehead atoms. The van der Waals surface area contributed by atoms with E-state index in [1.807, 2.05) is 18.4 Å². The molecule has 0 aliphatic carbocycles. The van der Waals surface area contributed by atoms with E-state index in [9.17, 15) is 18.0 Å². The number of carbonyl (C=O) groups excluding carboxylic acids is 1. The van der Waals surface area contributed by atoms with Crippen LogP contribution in [0.25, 0.3) is 0 Å². The number of benzene rings is 2. The third-order valence-electron chi connectivity index (χ3n) is 3.02. The molecule has 6 heteroatoms. The number of amides is 1. The Balaban J connectivity index is 2.23. The molecule has 2 rings (SSSR count). The Hall–Kier alpha value is -1.95. The van der Waals surface area contributed by atoms with Crippen molar-refractivity contribution < 1.29 is 18.0 Å². The number of nitrogens with one attached hydrogen (secondary N) is 1. The number of rotatable bonds is 4. The summed E-state index contributed by atoms with van der Waals surface area (Å²) >= 11 is 1.60. The van der Waals surface area contributed by atoms with Crippen molar-refractivity contribution in [3.05, 3.63) is 65.2 Å². The molecular formula is C16H14F3NOS. The fraction of sp³-hybridized carbons (Fsp3) is 0.188. The van der Waals surface area contributed by atoms with Gasteiger partial charge in [0.05, 0.1) is 5.56 Å². The molecule has 2 aromatic carbocycles. The fourth-order valence-corrected chi connectivity index (χ4v) is 2.52. The molecule has 0 unspecified atom stereocenters. The second-order valence-electron chi connectivity index (χ2n) is 4.62. The second kappa shape index (κ2) is 6.87. The predicted molar refractivity (Wildman–Crippen MR) is 83.1 cm³/mol. The van der Waals surface area contributed by atoms with Crippen molar-refractivity contribution in [3.8, 4) is 0 Å². The Labute approximate surface area is 130 Å². The topological polar surface area (TPSA) is 29.1 Å². The van der Waals surface area contributed by atoms with Crippen LogP contribution in [0.5, 0.6) is 0 Å². The molecule has 2 nitrogen and oxygen atoms in total. The molecule has 22 heavy (non-hydrogen) atoms. The minimum Gasteiger partial charge on any atom is -0.322 e. The van der Waals surface area contributed by atoms with Gasteiger partial charge < -0.3 is 5.32 Å². The maximum Gasteiger partial charge on any atom is 0.416 e. The van der Waals surface area contributed by atoms with Crippen LogP contribution in [0, 0.1) is 0 Å². The molecule has 0 spiro atoms. The summed E-state index contributed by atoms with van der Waals surface area (Å²) in [4.78, 5) is 12.2. The summed E-state index contributed by atoms with van der Waals surface area (Å²) in [7, 11) is 0. The van der Waals surface area contributed by atoms with Crippen LogP contribution in [0.3, 0.4) is 0 Å². The molecule has 1 amide bonds. The van der Waals surface area contributed by atoms with Crippen molar-refractivity contribution in [2.45, 2.75) is 11.9 Å². The fourth-order valence-electron chi connectivity index (χ4n) is 1.95. The Morgan fingerprint density at radius 1 is 1.14 bits per heavy atom. The third kappa shape index (κ3) is 4.04. The van der Waals surface area contributed by atoms with Gasteiger partial charge in [-0.25, -0.2) is 0 Å². The molecule has 0 aromatic heterocycles. The smallest absolute Gasteiger partial charge is 0.322 e. The van der Waals surface area contributed by atoms with E-state index in [4.69, 9.17) is 0 Å². The number of halogens is 3. The highest BCUT2D eigenvalue weighted by Crippen LogP contribution is 2.29. The van der Waals surface area contributed by atoms with Crippen LogP contribution in [0.2, 0.25) is 0 Å². The zero-order chi connectivity index (χ0) is 16.2. The van der Waals surface area contributed by atoms with Crippen molar-refractivity contribution in [2.24, 2.45) is 0 Å². The summed E-state index contributed by atoms with van der Waals surface area (Å²) < 4.78 is 38.1. The first kappa shape index (κ1) is 16.4. The van der Waals surface area contributed by atoms with Crippen LogP contribution in [0.1, 0.15) is 21.5 Å². The van der Waals surface area contributed by atoms with E-state index in [1.54, 1.807) is 23.9 Å². The van der Waals surface area contributed by atoms with Crippen LogP contribution in [-0.2, 0) is 11.9 Å². The lowest BCUT2D eigenvalue weighted by molar-refractivity contribution is -0.137. The number of alkyl halides is 3. The molecule has 0 aliphatic heterocycles. The minimum atomic E-state index is -4.47. The first-order chi connectivity index (χ1) is 10.4. The van der Waals surface area contributed by atoms with Crippen molar-refractivity contribution >= 4 is 23.4 Å². The highest BCUT2D eigenvalue weighted by Gasteiger charge is 2.30. The summed E-state index contributed by atoms with van der Waals surface area (Å²) in [5.41, 5.74) is 0.681. The number of anilines is 1. The van der Waals surface area contributed by atoms with Crippen molar-refractivity contribution in [1.29, 1.82) is 0 Å². The van der Waals surface area contributed by atoms with E-state index in [0.717, 1.165) is 17.7 Å². The third-order valence-corrected chi connectivity index (χ3v) is 3.62. The summed E-state index contributed by atoms with van der Waals surface area (Å²) in [6.45, 7) is 0. The van der Waals surface area contributed by atoms with Crippen molar-refractivity contribution in [2.75, 3.05) is 11.6 Å². The van der Waals surface area contributed by atoms with Crippen LogP contribution in [-0.4, -0.2) is 12.2 Å².